The number of aliphatic hydroxyl groups excluding tert-OH is 1. The van der Waals surface area contributed by atoms with Gasteiger partial charge in [-0.2, -0.15) is 0 Å². The lowest BCUT2D eigenvalue weighted by Gasteiger charge is -2.30. The van der Waals surface area contributed by atoms with E-state index in [0.717, 1.165) is 18.7 Å². The number of benzene rings is 2. The molecule has 3 rings (SSSR count). The average molecular weight is 465 g/mol. The molecule has 0 bridgehead atoms. The number of para-hydroxylation sites is 1. The predicted molar refractivity (Wildman–Crippen MR) is 132 cm³/mol. The topological polar surface area (TPSA) is 79.3 Å². The maximum Gasteiger partial charge on any atom is 0.290 e. The molecule has 1 N–H and O–H groups in total. The Labute approximate surface area is 200 Å². The number of amides is 1. The van der Waals surface area contributed by atoms with Crippen molar-refractivity contribution >= 4 is 17.8 Å². The fourth-order valence-corrected chi connectivity index (χ4v) is 4.20. The number of allylic oxidation sites excluding steroid dienone is 1. The van der Waals surface area contributed by atoms with Gasteiger partial charge in [-0.05, 0) is 30.8 Å². The van der Waals surface area contributed by atoms with Crippen molar-refractivity contribution in [3.8, 4) is 11.5 Å². The van der Waals surface area contributed by atoms with Crippen LogP contribution in [0.3, 0.4) is 0 Å². The molecule has 0 saturated carbocycles. The molecule has 34 heavy (non-hydrogen) atoms. The third-order valence-electron chi connectivity index (χ3n) is 6.08. The number of methoxy groups -OCH3 is 2. The van der Waals surface area contributed by atoms with Gasteiger partial charge >= 0.3 is 0 Å². The van der Waals surface area contributed by atoms with E-state index >= 15 is 0 Å². The first-order valence-electron chi connectivity index (χ1n) is 11.4. The Kier molecular flexibility index (Phi) is 8.49. The standard InChI is InChI=1S/C27H32N2O5/c1-5-28(6-2)17-18-29-24(20-13-10-14-22(33-3)26(20)34-4)23(25(31)27(29)32)21(30)16-15-19-11-8-7-9-12-19/h7-16,24,31H,5-6,17-18H2,1-4H3/b16-15+. The van der Waals surface area contributed by atoms with Gasteiger partial charge in [0.15, 0.2) is 23.0 Å². The van der Waals surface area contributed by atoms with Crippen molar-refractivity contribution in [3.63, 3.8) is 0 Å². The van der Waals surface area contributed by atoms with Gasteiger partial charge in [0.2, 0.25) is 0 Å². The van der Waals surface area contributed by atoms with Crippen LogP contribution in [-0.2, 0) is 9.59 Å². The summed E-state index contributed by atoms with van der Waals surface area (Å²) in [7, 11) is 3.04. The lowest BCUT2D eigenvalue weighted by molar-refractivity contribution is -0.129. The Morgan fingerprint density at radius 1 is 1.06 bits per heavy atom. The number of carbonyl (C=O) groups excluding carboxylic acids is 2. The first-order valence-corrected chi connectivity index (χ1v) is 11.4. The molecule has 7 nitrogen and oxygen atoms in total. The van der Waals surface area contributed by atoms with Gasteiger partial charge < -0.3 is 24.4 Å². The average Bonchev–Trinajstić information content (AvgIpc) is 3.12. The molecule has 2 aromatic carbocycles. The van der Waals surface area contributed by atoms with Crippen molar-refractivity contribution < 1.29 is 24.2 Å². The normalized spacial score (nSPS) is 16.1. The Balaban J connectivity index is 2.06. The van der Waals surface area contributed by atoms with E-state index in [0.29, 0.717) is 30.2 Å². The van der Waals surface area contributed by atoms with Crippen molar-refractivity contribution in [2.24, 2.45) is 0 Å². The first-order chi connectivity index (χ1) is 16.5. The lowest BCUT2D eigenvalue weighted by Crippen LogP contribution is -2.38. The zero-order valence-corrected chi connectivity index (χ0v) is 20.2. The predicted octanol–water partition coefficient (Wildman–Crippen LogP) is 4.02. The highest BCUT2D eigenvalue weighted by Gasteiger charge is 2.44. The monoisotopic (exact) mass is 464 g/mol. The van der Waals surface area contributed by atoms with Crippen LogP contribution in [0, 0.1) is 0 Å². The fourth-order valence-electron chi connectivity index (χ4n) is 4.20. The van der Waals surface area contributed by atoms with E-state index in [4.69, 9.17) is 9.47 Å². The lowest BCUT2D eigenvalue weighted by atomic mass is 9.94. The number of carbonyl (C=O) groups is 2. The summed E-state index contributed by atoms with van der Waals surface area (Å²) in [5, 5.41) is 10.8. The second-order valence-corrected chi connectivity index (χ2v) is 7.88. The number of likely N-dealkylation sites (N-methyl/N-ethyl adjacent to an activating group) is 1. The van der Waals surface area contributed by atoms with Crippen LogP contribution in [0.2, 0.25) is 0 Å². The minimum Gasteiger partial charge on any atom is -0.503 e. The van der Waals surface area contributed by atoms with Crippen LogP contribution in [0.15, 0.2) is 65.9 Å². The van der Waals surface area contributed by atoms with Crippen molar-refractivity contribution in [1.82, 2.24) is 9.80 Å². The van der Waals surface area contributed by atoms with Crippen LogP contribution in [0.25, 0.3) is 6.08 Å². The summed E-state index contributed by atoms with van der Waals surface area (Å²) in [6, 6.07) is 13.9. The van der Waals surface area contributed by atoms with E-state index < -0.39 is 23.5 Å². The summed E-state index contributed by atoms with van der Waals surface area (Å²) >= 11 is 0. The van der Waals surface area contributed by atoms with Crippen LogP contribution in [0.5, 0.6) is 11.5 Å². The van der Waals surface area contributed by atoms with Gasteiger partial charge in [0.1, 0.15) is 0 Å². The van der Waals surface area contributed by atoms with Crippen molar-refractivity contribution in [3.05, 3.63) is 77.1 Å². The molecule has 1 atom stereocenters. The van der Waals surface area contributed by atoms with Gasteiger partial charge in [0.05, 0.1) is 25.8 Å². The summed E-state index contributed by atoms with van der Waals surface area (Å²) in [6.07, 6.45) is 3.06. The number of hydrogen-bond donors (Lipinski definition) is 1. The van der Waals surface area contributed by atoms with E-state index in [-0.39, 0.29) is 5.57 Å². The number of rotatable bonds is 11. The third-order valence-corrected chi connectivity index (χ3v) is 6.08. The first kappa shape index (κ1) is 25.1. The van der Waals surface area contributed by atoms with Gasteiger partial charge in [0.25, 0.3) is 5.91 Å². The number of ether oxygens (including phenoxy) is 2. The summed E-state index contributed by atoms with van der Waals surface area (Å²) < 4.78 is 11.1. The molecule has 0 spiro atoms. The van der Waals surface area contributed by atoms with Crippen molar-refractivity contribution in [2.75, 3.05) is 40.4 Å². The molecule has 0 aliphatic carbocycles. The van der Waals surface area contributed by atoms with Gasteiger partial charge in [-0.1, -0.05) is 62.4 Å². The zero-order chi connectivity index (χ0) is 24.7. The van der Waals surface area contributed by atoms with Gasteiger partial charge in [-0.25, -0.2) is 0 Å². The summed E-state index contributed by atoms with van der Waals surface area (Å²) in [4.78, 5) is 30.2. The molecule has 2 aromatic rings. The van der Waals surface area contributed by atoms with Crippen LogP contribution >= 0.6 is 0 Å². The summed E-state index contributed by atoms with van der Waals surface area (Å²) in [5.41, 5.74) is 1.45. The van der Waals surface area contributed by atoms with Crippen molar-refractivity contribution in [1.29, 1.82) is 0 Å². The molecule has 1 aliphatic heterocycles. The van der Waals surface area contributed by atoms with Crippen LogP contribution in [-0.4, -0.2) is 67.0 Å². The molecule has 0 radical (unpaired) electrons. The van der Waals surface area contributed by atoms with E-state index in [1.54, 1.807) is 24.3 Å². The summed E-state index contributed by atoms with van der Waals surface area (Å²) in [5.74, 6) is -0.637. The van der Waals surface area contributed by atoms with E-state index in [9.17, 15) is 14.7 Å². The molecule has 1 amide bonds. The molecule has 1 unspecified atom stereocenters. The molecule has 1 heterocycles. The van der Waals surface area contributed by atoms with Gasteiger partial charge in [-0.3, -0.25) is 9.59 Å². The quantitative estimate of drug-likeness (QED) is 0.506. The molecule has 1 aliphatic rings. The highest BCUT2D eigenvalue weighted by atomic mass is 16.5. The van der Waals surface area contributed by atoms with Crippen LogP contribution in [0.4, 0.5) is 0 Å². The van der Waals surface area contributed by atoms with E-state index in [2.05, 4.69) is 18.7 Å². The Hall–Kier alpha value is -3.58. The van der Waals surface area contributed by atoms with E-state index in [1.165, 1.54) is 25.2 Å². The molecular weight excluding hydrogens is 432 g/mol. The fraction of sp³-hybridized carbons (Fsp3) is 0.333. The molecular formula is C27H32N2O5. The summed E-state index contributed by atoms with van der Waals surface area (Å²) in [6.45, 7) is 6.71. The number of aliphatic hydroxyl groups is 1. The van der Waals surface area contributed by atoms with Crippen molar-refractivity contribution in [2.45, 2.75) is 19.9 Å². The number of nitrogens with zero attached hydrogens (tertiary/aromatic N) is 2. The van der Waals surface area contributed by atoms with Gasteiger partial charge in [0, 0.05) is 18.7 Å². The minimum absolute atomic E-state index is 0.0308. The Morgan fingerprint density at radius 2 is 1.76 bits per heavy atom. The van der Waals surface area contributed by atoms with E-state index in [1.807, 2.05) is 30.3 Å². The Bertz CT molecular complexity index is 1070. The highest BCUT2D eigenvalue weighted by Crippen LogP contribution is 2.44. The third kappa shape index (κ3) is 5.15. The smallest absolute Gasteiger partial charge is 0.290 e. The molecule has 180 valence electrons. The van der Waals surface area contributed by atoms with Gasteiger partial charge in [-0.15, -0.1) is 0 Å². The SMILES string of the molecule is CCN(CC)CCN1C(=O)C(O)=C(C(=O)/C=C/c2ccccc2)C1c1cccc(OC)c1OC. The molecule has 0 saturated heterocycles. The second kappa shape index (κ2) is 11.5. The maximum absolute atomic E-state index is 13.3. The molecule has 0 aromatic heterocycles. The zero-order valence-electron chi connectivity index (χ0n) is 20.2. The number of ketones is 1. The van der Waals surface area contributed by atoms with Crippen LogP contribution in [0.1, 0.15) is 31.0 Å². The maximum atomic E-state index is 13.3. The molecule has 0 fully saturated rings. The number of hydrogen-bond acceptors (Lipinski definition) is 6. The largest absolute Gasteiger partial charge is 0.503 e. The second-order valence-electron chi connectivity index (χ2n) is 7.88. The Morgan fingerprint density at radius 3 is 2.38 bits per heavy atom. The highest BCUT2D eigenvalue weighted by molar-refractivity contribution is 6.14. The molecule has 7 heteroatoms. The minimum atomic E-state index is -0.805. The van der Waals surface area contributed by atoms with Crippen LogP contribution < -0.4 is 9.47 Å².